The maximum Gasteiger partial charge on any atom is 0.254 e. The smallest absolute Gasteiger partial charge is 0.254 e. The van der Waals surface area contributed by atoms with Crippen LogP contribution in [0.15, 0.2) is 47.4 Å². The first-order valence-electron chi connectivity index (χ1n) is 14.9. The Balaban J connectivity index is 1.49. The van der Waals surface area contributed by atoms with Crippen molar-refractivity contribution < 1.29 is 23.8 Å². The van der Waals surface area contributed by atoms with Crippen LogP contribution in [0.4, 0.5) is 4.39 Å². The number of carbonyl (C=O) groups excluding carboxylic acids is 1. The number of hydrogen-bond donors (Lipinski definition) is 1. The van der Waals surface area contributed by atoms with Crippen molar-refractivity contribution in [1.29, 1.82) is 0 Å². The molecule has 1 aliphatic heterocycles. The third-order valence-corrected chi connectivity index (χ3v) is 8.54. The lowest BCUT2D eigenvalue weighted by molar-refractivity contribution is -0.136. The van der Waals surface area contributed by atoms with E-state index in [2.05, 4.69) is 4.90 Å². The normalized spacial score (nSPS) is 19.6. The van der Waals surface area contributed by atoms with Gasteiger partial charge in [0.05, 0.1) is 11.7 Å². The quantitative estimate of drug-likeness (QED) is 0.346. The average molecular weight is 577 g/mol. The van der Waals surface area contributed by atoms with Gasteiger partial charge in [0.25, 0.3) is 5.56 Å². The number of aromatic nitrogens is 1. The number of carbonyl (C=O) groups is 1. The van der Waals surface area contributed by atoms with Gasteiger partial charge in [0.2, 0.25) is 5.91 Å². The topological polar surface area (TPSA) is 81.0 Å². The Morgan fingerprint density at radius 2 is 1.62 bits per heavy atom. The number of halogens is 1. The molecule has 224 valence electrons. The van der Waals surface area contributed by atoms with Crippen LogP contribution in [0.2, 0.25) is 0 Å². The second-order valence-corrected chi connectivity index (χ2v) is 12.3. The minimum Gasteiger partial charge on any atom is -0.490 e. The molecule has 1 saturated carbocycles. The van der Waals surface area contributed by atoms with Crippen LogP contribution in [0.1, 0.15) is 75.5 Å². The molecule has 1 N–H and O–H groups in total. The van der Waals surface area contributed by atoms with E-state index in [1.165, 1.54) is 22.8 Å². The van der Waals surface area contributed by atoms with Gasteiger partial charge in [-0.3, -0.25) is 9.59 Å². The highest BCUT2D eigenvalue weighted by molar-refractivity contribution is 5.77. The largest absolute Gasteiger partial charge is 0.490 e. The first-order valence-corrected chi connectivity index (χ1v) is 14.9. The van der Waals surface area contributed by atoms with Gasteiger partial charge in [-0.2, -0.15) is 0 Å². The highest BCUT2D eigenvalue weighted by Gasteiger charge is 2.31. The van der Waals surface area contributed by atoms with Crippen molar-refractivity contribution in [3.05, 3.63) is 75.5 Å². The predicted octanol–water partition coefficient (Wildman–Crippen LogP) is 6.53. The van der Waals surface area contributed by atoms with Crippen LogP contribution in [-0.4, -0.2) is 39.2 Å². The molecule has 1 saturated heterocycles. The van der Waals surface area contributed by atoms with Gasteiger partial charge in [-0.1, -0.05) is 6.07 Å². The first kappa shape index (κ1) is 29.8. The van der Waals surface area contributed by atoms with E-state index in [-0.39, 0.29) is 29.4 Å². The summed E-state index contributed by atoms with van der Waals surface area (Å²) in [5, 5.41) is 10.8. The van der Waals surface area contributed by atoms with E-state index < -0.39 is 5.60 Å². The van der Waals surface area contributed by atoms with Gasteiger partial charge in [0.1, 0.15) is 23.1 Å². The van der Waals surface area contributed by atoms with Crippen molar-refractivity contribution in [2.24, 2.45) is 7.05 Å². The number of benzene rings is 2. The van der Waals surface area contributed by atoms with Crippen molar-refractivity contribution in [3.63, 3.8) is 0 Å². The van der Waals surface area contributed by atoms with Gasteiger partial charge in [0, 0.05) is 49.4 Å². The first-order chi connectivity index (χ1) is 19.9. The molecule has 8 heteroatoms. The Kier molecular flexibility index (Phi) is 8.46. The van der Waals surface area contributed by atoms with Crippen LogP contribution in [0.3, 0.4) is 0 Å². The van der Waals surface area contributed by atoms with Crippen LogP contribution in [0.5, 0.6) is 17.2 Å². The molecule has 42 heavy (non-hydrogen) atoms. The van der Waals surface area contributed by atoms with Gasteiger partial charge in [-0.25, -0.2) is 4.39 Å². The molecule has 1 amide bonds. The maximum atomic E-state index is 14.0. The molecule has 0 bridgehead atoms. The van der Waals surface area contributed by atoms with Crippen LogP contribution < -0.4 is 15.0 Å². The summed E-state index contributed by atoms with van der Waals surface area (Å²) >= 11 is 0. The van der Waals surface area contributed by atoms with Gasteiger partial charge in [0.15, 0.2) is 0 Å². The van der Waals surface area contributed by atoms with Crippen LogP contribution in [0, 0.1) is 19.7 Å². The number of nitrogens with zero attached hydrogens (tertiary/aromatic N) is 2. The predicted molar refractivity (Wildman–Crippen MR) is 161 cm³/mol. The average Bonchev–Trinajstić information content (AvgIpc) is 2.93. The second-order valence-electron chi connectivity index (χ2n) is 12.3. The summed E-state index contributed by atoms with van der Waals surface area (Å²) in [5.41, 5.74) is 1.97. The lowest BCUT2D eigenvalue weighted by Crippen LogP contribution is -2.46. The number of likely N-dealkylation sites (tertiary alicyclic amines) is 1. The molecule has 0 spiro atoms. The monoisotopic (exact) mass is 576 g/mol. The molecule has 5 rings (SSSR count). The lowest BCUT2D eigenvalue weighted by atomic mass is 9.90. The molecule has 2 aliphatic rings. The number of aliphatic hydroxyl groups is 1. The van der Waals surface area contributed by atoms with Crippen molar-refractivity contribution in [3.8, 4) is 28.4 Å². The summed E-state index contributed by atoms with van der Waals surface area (Å²) in [4.78, 5) is 27.3. The number of pyridine rings is 1. The standard InChI is InChI=1S/C34H41FN2O5/c1-21-16-24(35)17-22(2)33(21)42-29-14-9-23(34(3,4)40)18-27(29)28-20-36(5)32(39)19-30(28)41-26-12-10-25(11-13-26)37-15-7-6-8-31(37)38/h9,14,16-20,25-26,40H,6-8,10-13,15H2,1-5H3/t25-,26-. The molecule has 1 aromatic heterocycles. The molecule has 7 nitrogen and oxygen atoms in total. The number of ether oxygens (including phenoxy) is 2. The fraction of sp³-hybridized carbons (Fsp3) is 0.471. The molecule has 1 aliphatic carbocycles. The zero-order chi connectivity index (χ0) is 30.2. The molecule has 2 heterocycles. The Labute approximate surface area is 246 Å². The number of aryl methyl sites for hydroxylation is 3. The van der Waals surface area contributed by atoms with Gasteiger partial charge >= 0.3 is 0 Å². The molecule has 2 aromatic carbocycles. The SMILES string of the molecule is Cc1cc(F)cc(C)c1Oc1ccc(C(C)(C)O)cc1-c1cn(C)c(=O)cc1O[C@H]1CC[C@H](N2CCCCC2=O)CC1. The third-order valence-electron chi connectivity index (χ3n) is 8.54. The molecule has 0 atom stereocenters. The van der Waals surface area contributed by atoms with Crippen molar-refractivity contribution >= 4 is 5.91 Å². The fourth-order valence-electron chi connectivity index (χ4n) is 6.16. The summed E-state index contributed by atoms with van der Waals surface area (Å²) in [6, 6.07) is 10.1. The van der Waals surface area contributed by atoms with E-state index in [4.69, 9.17) is 9.47 Å². The van der Waals surface area contributed by atoms with Crippen molar-refractivity contribution in [2.75, 3.05) is 6.54 Å². The number of piperidine rings is 1. The zero-order valence-electron chi connectivity index (χ0n) is 25.2. The minimum absolute atomic E-state index is 0.101. The van der Waals surface area contributed by atoms with Crippen LogP contribution >= 0.6 is 0 Å². The van der Waals surface area contributed by atoms with E-state index in [0.29, 0.717) is 51.5 Å². The van der Waals surface area contributed by atoms with Gasteiger partial charge < -0.3 is 24.0 Å². The van der Waals surface area contributed by atoms with E-state index in [1.54, 1.807) is 53.1 Å². The van der Waals surface area contributed by atoms with Gasteiger partial charge in [-0.15, -0.1) is 0 Å². The Hall–Kier alpha value is -3.65. The Morgan fingerprint density at radius 1 is 0.929 bits per heavy atom. The van der Waals surface area contributed by atoms with Crippen molar-refractivity contribution in [2.45, 2.75) is 90.4 Å². The highest BCUT2D eigenvalue weighted by atomic mass is 19.1. The summed E-state index contributed by atoms with van der Waals surface area (Å²) in [6.07, 6.45) is 7.59. The second kappa shape index (κ2) is 11.9. The lowest BCUT2D eigenvalue weighted by Gasteiger charge is -2.39. The number of hydrogen-bond acceptors (Lipinski definition) is 5. The Morgan fingerprint density at radius 3 is 2.26 bits per heavy atom. The van der Waals surface area contributed by atoms with E-state index in [1.807, 2.05) is 6.07 Å². The third kappa shape index (κ3) is 6.38. The van der Waals surface area contributed by atoms with Crippen molar-refractivity contribution in [1.82, 2.24) is 9.47 Å². The minimum atomic E-state index is -1.12. The molecular formula is C34H41FN2O5. The highest BCUT2D eigenvalue weighted by Crippen LogP contribution is 2.42. The Bertz CT molecular complexity index is 1510. The van der Waals surface area contributed by atoms with Gasteiger partial charge in [-0.05, 0) is 107 Å². The number of rotatable bonds is 7. The summed E-state index contributed by atoms with van der Waals surface area (Å²) in [5.74, 6) is 1.41. The molecule has 0 unspecified atom stereocenters. The zero-order valence-corrected chi connectivity index (χ0v) is 25.2. The molecular weight excluding hydrogens is 535 g/mol. The van der Waals surface area contributed by atoms with Crippen LogP contribution in [0.25, 0.3) is 11.1 Å². The fourth-order valence-corrected chi connectivity index (χ4v) is 6.16. The molecule has 2 fully saturated rings. The summed E-state index contributed by atoms with van der Waals surface area (Å²) < 4.78 is 28.5. The van der Waals surface area contributed by atoms with E-state index in [0.717, 1.165) is 45.1 Å². The maximum absolute atomic E-state index is 14.0. The molecule has 0 radical (unpaired) electrons. The van der Waals surface area contributed by atoms with Crippen LogP contribution in [-0.2, 0) is 17.4 Å². The summed E-state index contributed by atoms with van der Waals surface area (Å²) in [7, 11) is 1.69. The number of amides is 1. The van der Waals surface area contributed by atoms with E-state index in [9.17, 15) is 19.1 Å². The summed E-state index contributed by atoms with van der Waals surface area (Å²) in [6.45, 7) is 7.85. The van der Waals surface area contributed by atoms with E-state index >= 15 is 0 Å². The molecule has 3 aromatic rings.